The van der Waals surface area contributed by atoms with Gasteiger partial charge in [-0.3, -0.25) is 10.1 Å². The van der Waals surface area contributed by atoms with Crippen LogP contribution in [0.1, 0.15) is 5.56 Å². The number of anilines is 1. The lowest BCUT2D eigenvalue weighted by Crippen LogP contribution is -2.01. The highest BCUT2D eigenvalue weighted by atomic mass is 35.5. The van der Waals surface area contributed by atoms with Crippen LogP contribution in [0.5, 0.6) is 0 Å². The van der Waals surface area contributed by atoms with Crippen LogP contribution in [0, 0.1) is 10.1 Å². The molecule has 0 aromatic heterocycles. The fourth-order valence-corrected chi connectivity index (χ4v) is 2.17. The van der Waals surface area contributed by atoms with Crippen LogP contribution in [0.3, 0.4) is 0 Å². The van der Waals surface area contributed by atoms with Crippen molar-refractivity contribution in [1.29, 1.82) is 0 Å². The Balaban J connectivity index is 2.15. The molecule has 0 unspecified atom stereocenters. The topological polar surface area (TPSA) is 55.2 Å². The maximum atomic E-state index is 10.7. The van der Waals surface area contributed by atoms with Crippen molar-refractivity contribution in [3.8, 4) is 0 Å². The van der Waals surface area contributed by atoms with Gasteiger partial charge in [0.05, 0.1) is 20.7 Å². The number of nitro benzene ring substituents is 1. The lowest BCUT2D eigenvalue weighted by Gasteiger charge is -2.10. The van der Waals surface area contributed by atoms with E-state index in [1.807, 2.05) is 0 Å². The summed E-state index contributed by atoms with van der Waals surface area (Å²) >= 11 is 12.0. The van der Waals surface area contributed by atoms with Gasteiger partial charge in [-0.2, -0.15) is 0 Å². The number of nitrogens with zero attached hydrogens (tertiary/aromatic N) is 1. The number of para-hydroxylation sites is 1. The predicted molar refractivity (Wildman–Crippen MR) is 76.9 cm³/mol. The number of hydrogen-bond donors (Lipinski definition) is 1. The van der Waals surface area contributed by atoms with Gasteiger partial charge in [0, 0.05) is 18.7 Å². The van der Waals surface area contributed by atoms with E-state index >= 15 is 0 Å². The molecule has 0 spiro atoms. The van der Waals surface area contributed by atoms with E-state index in [1.54, 1.807) is 30.3 Å². The average Bonchev–Trinajstić information content (AvgIpc) is 2.38. The molecule has 19 heavy (non-hydrogen) atoms. The molecule has 0 aliphatic carbocycles. The number of rotatable bonds is 4. The zero-order valence-corrected chi connectivity index (χ0v) is 11.3. The Morgan fingerprint density at radius 3 is 2.37 bits per heavy atom. The molecule has 0 fully saturated rings. The second kappa shape index (κ2) is 5.91. The molecular formula is C13H10Cl2N2O2. The fourth-order valence-electron chi connectivity index (χ4n) is 1.64. The van der Waals surface area contributed by atoms with Gasteiger partial charge < -0.3 is 5.32 Å². The number of nitrogens with one attached hydrogen (secondary N) is 1. The summed E-state index contributed by atoms with van der Waals surface area (Å²) in [5.41, 5.74) is 1.46. The third kappa shape index (κ3) is 3.36. The van der Waals surface area contributed by atoms with Crippen molar-refractivity contribution in [3.05, 3.63) is 68.2 Å². The Morgan fingerprint density at radius 1 is 1.11 bits per heavy atom. The van der Waals surface area contributed by atoms with Gasteiger partial charge in [0.25, 0.3) is 5.69 Å². The maximum absolute atomic E-state index is 10.7. The Kier molecular flexibility index (Phi) is 4.24. The molecule has 0 aliphatic rings. The van der Waals surface area contributed by atoms with Crippen molar-refractivity contribution in [3.63, 3.8) is 0 Å². The first kappa shape index (κ1) is 13.6. The number of halogens is 2. The van der Waals surface area contributed by atoms with E-state index in [0.717, 1.165) is 5.56 Å². The number of benzene rings is 2. The highest BCUT2D eigenvalue weighted by Crippen LogP contribution is 2.30. The van der Waals surface area contributed by atoms with Crippen LogP contribution in [0.2, 0.25) is 10.0 Å². The van der Waals surface area contributed by atoms with Crippen LogP contribution in [0.15, 0.2) is 42.5 Å². The summed E-state index contributed by atoms with van der Waals surface area (Å²) in [6.07, 6.45) is 0. The standard InChI is InChI=1S/C13H10Cl2N2O2/c14-11-5-2-6-12(15)13(11)16-8-9-3-1-4-10(7-9)17(18)19/h1-7,16H,8H2. The van der Waals surface area contributed by atoms with Crippen LogP contribution in [0.4, 0.5) is 11.4 Å². The molecule has 0 heterocycles. The Hall–Kier alpha value is -1.78. The lowest BCUT2D eigenvalue weighted by molar-refractivity contribution is -0.384. The number of hydrogen-bond acceptors (Lipinski definition) is 3. The maximum Gasteiger partial charge on any atom is 0.269 e. The minimum absolute atomic E-state index is 0.0598. The molecule has 0 saturated heterocycles. The van der Waals surface area contributed by atoms with Crippen molar-refractivity contribution in [2.24, 2.45) is 0 Å². The van der Waals surface area contributed by atoms with E-state index in [1.165, 1.54) is 12.1 Å². The zero-order valence-electron chi connectivity index (χ0n) is 9.77. The molecule has 2 rings (SSSR count). The summed E-state index contributed by atoms with van der Waals surface area (Å²) in [7, 11) is 0. The van der Waals surface area contributed by atoms with Crippen LogP contribution < -0.4 is 5.32 Å². The Bertz CT molecular complexity index is 597. The van der Waals surface area contributed by atoms with E-state index in [0.29, 0.717) is 22.3 Å². The largest absolute Gasteiger partial charge is 0.379 e. The normalized spacial score (nSPS) is 10.2. The van der Waals surface area contributed by atoms with E-state index in [4.69, 9.17) is 23.2 Å². The molecule has 0 saturated carbocycles. The Labute approximate surface area is 120 Å². The summed E-state index contributed by atoms with van der Waals surface area (Å²) in [4.78, 5) is 10.3. The van der Waals surface area contributed by atoms with E-state index in [2.05, 4.69) is 5.32 Å². The van der Waals surface area contributed by atoms with Crippen molar-refractivity contribution in [2.75, 3.05) is 5.32 Å². The third-order valence-corrected chi connectivity index (χ3v) is 3.18. The number of nitro groups is 1. The molecule has 0 atom stereocenters. The minimum Gasteiger partial charge on any atom is -0.379 e. The van der Waals surface area contributed by atoms with E-state index in [9.17, 15) is 10.1 Å². The average molecular weight is 297 g/mol. The van der Waals surface area contributed by atoms with Gasteiger partial charge >= 0.3 is 0 Å². The SMILES string of the molecule is O=[N+]([O-])c1cccc(CNc2c(Cl)cccc2Cl)c1. The van der Waals surface area contributed by atoms with Crippen LogP contribution in [0.25, 0.3) is 0 Å². The summed E-state index contributed by atoms with van der Waals surface area (Å²) < 4.78 is 0. The summed E-state index contributed by atoms with van der Waals surface area (Å²) in [6.45, 7) is 0.408. The molecule has 0 aliphatic heterocycles. The molecule has 98 valence electrons. The lowest BCUT2D eigenvalue weighted by atomic mass is 10.2. The van der Waals surface area contributed by atoms with Gasteiger partial charge in [-0.15, -0.1) is 0 Å². The first-order valence-electron chi connectivity index (χ1n) is 5.49. The van der Waals surface area contributed by atoms with Gasteiger partial charge in [-0.05, 0) is 17.7 Å². The molecule has 4 nitrogen and oxygen atoms in total. The highest BCUT2D eigenvalue weighted by Gasteiger charge is 2.07. The Morgan fingerprint density at radius 2 is 1.74 bits per heavy atom. The van der Waals surface area contributed by atoms with Crippen molar-refractivity contribution >= 4 is 34.6 Å². The second-order valence-corrected chi connectivity index (χ2v) is 4.69. The van der Waals surface area contributed by atoms with Gasteiger partial charge in [0.2, 0.25) is 0 Å². The van der Waals surface area contributed by atoms with E-state index in [-0.39, 0.29) is 5.69 Å². The highest BCUT2D eigenvalue weighted by molar-refractivity contribution is 6.39. The molecule has 0 radical (unpaired) electrons. The van der Waals surface area contributed by atoms with E-state index < -0.39 is 4.92 Å². The van der Waals surface area contributed by atoms with Gasteiger partial charge in [-0.25, -0.2) is 0 Å². The monoisotopic (exact) mass is 296 g/mol. The molecule has 0 bridgehead atoms. The molecule has 2 aromatic rings. The molecule has 6 heteroatoms. The van der Waals surface area contributed by atoms with Gasteiger partial charge in [0.15, 0.2) is 0 Å². The fraction of sp³-hybridized carbons (Fsp3) is 0.0769. The molecular weight excluding hydrogens is 287 g/mol. The zero-order chi connectivity index (χ0) is 13.8. The smallest absolute Gasteiger partial charge is 0.269 e. The van der Waals surface area contributed by atoms with Gasteiger partial charge in [-0.1, -0.05) is 41.4 Å². The molecule has 0 amide bonds. The quantitative estimate of drug-likeness (QED) is 0.667. The van der Waals surface area contributed by atoms with Crippen LogP contribution >= 0.6 is 23.2 Å². The first-order chi connectivity index (χ1) is 9.08. The second-order valence-electron chi connectivity index (χ2n) is 3.88. The predicted octanol–water partition coefficient (Wildman–Crippen LogP) is 4.51. The van der Waals surface area contributed by atoms with Crippen LogP contribution in [-0.2, 0) is 6.54 Å². The van der Waals surface area contributed by atoms with Crippen molar-refractivity contribution in [2.45, 2.75) is 6.54 Å². The summed E-state index contributed by atoms with van der Waals surface area (Å²) in [5.74, 6) is 0. The summed E-state index contributed by atoms with van der Waals surface area (Å²) in [6, 6.07) is 11.6. The summed E-state index contributed by atoms with van der Waals surface area (Å²) in [5, 5.41) is 14.8. The minimum atomic E-state index is -0.425. The molecule has 1 N–H and O–H groups in total. The third-order valence-electron chi connectivity index (χ3n) is 2.55. The van der Waals surface area contributed by atoms with Crippen molar-refractivity contribution < 1.29 is 4.92 Å². The van der Waals surface area contributed by atoms with Crippen LogP contribution in [-0.4, -0.2) is 4.92 Å². The number of non-ortho nitro benzene ring substituents is 1. The first-order valence-corrected chi connectivity index (χ1v) is 6.25. The van der Waals surface area contributed by atoms with Gasteiger partial charge in [0.1, 0.15) is 0 Å². The molecule has 2 aromatic carbocycles. The van der Waals surface area contributed by atoms with Crippen molar-refractivity contribution in [1.82, 2.24) is 0 Å².